The third-order valence-electron chi connectivity index (χ3n) is 2.59. The molecule has 7 nitrogen and oxygen atoms in total. The number of sulfonamides is 1. The number of rotatable bonds is 4. The maximum absolute atomic E-state index is 12.2. The summed E-state index contributed by atoms with van der Waals surface area (Å²) in [6, 6.07) is 3.83. The number of carboxylic acids is 1. The van der Waals surface area contributed by atoms with E-state index in [0.717, 1.165) is 0 Å². The quantitative estimate of drug-likeness (QED) is 0.797. The molecule has 106 valence electrons. The zero-order valence-corrected chi connectivity index (χ0v) is 11.8. The average Bonchev–Trinajstić information content (AvgIpc) is 2.83. The minimum absolute atomic E-state index is 0.0259. The van der Waals surface area contributed by atoms with Crippen LogP contribution in [0.4, 0.5) is 5.82 Å². The second-order valence-electron chi connectivity index (χ2n) is 3.96. The van der Waals surface area contributed by atoms with Gasteiger partial charge >= 0.3 is 5.97 Å². The summed E-state index contributed by atoms with van der Waals surface area (Å²) in [5.41, 5.74) is -0.0589. The summed E-state index contributed by atoms with van der Waals surface area (Å²) >= 11 is 5.78. The number of aromatic amines is 1. The van der Waals surface area contributed by atoms with E-state index in [1.54, 1.807) is 0 Å². The molecule has 1 heterocycles. The number of carboxylic acid groups (broad SMARTS) is 1. The average molecular weight is 316 g/mol. The zero-order valence-electron chi connectivity index (χ0n) is 10.2. The van der Waals surface area contributed by atoms with Crippen molar-refractivity contribution >= 4 is 33.4 Å². The SMILES string of the molecule is Cc1c(C(=O)O)cc(Cl)cc1S(=O)(=O)Nc1ccn[nH]1. The summed E-state index contributed by atoms with van der Waals surface area (Å²) in [6.45, 7) is 1.40. The summed E-state index contributed by atoms with van der Waals surface area (Å²) in [6.07, 6.45) is 1.38. The van der Waals surface area contributed by atoms with Crippen LogP contribution in [0.3, 0.4) is 0 Å². The van der Waals surface area contributed by atoms with Crippen LogP contribution in [0.5, 0.6) is 0 Å². The van der Waals surface area contributed by atoms with Gasteiger partial charge in [-0.1, -0.05) is 11.6 Å². The highest BCUT2D eigenvalue weighted by Crippen LogP contribution is 2.25. The molecule has 0 saturated carbocycles. The number of aromatic carboxylic acids is 1. The Bertz CT molecular complexity index is 756. The van der Waals surface area contributed by atoms with Crippen molar-refractivity contribution in [1.29, 1.82) is 0 Å². The van der Waals surface area contributed by atoms with Crippen molar-refractivity contribution in [1.82, 2.24) is 10.2 Å². The lowest BCUT2D eigenvalue weighted by atomic mass is 10.1. The lowest BCUT2D eigenvalue weighted by Gasteiger charge is -2.11. The highest BCUT2D eigenvalue weighted by Gasteiger charge is 2.22. The molecule has 2 aromatic rings. The van der Waals surface area contributed by atoms with Crippen LogP contribution in [0.25, 0.3) is 0 Å². The number of nitrogens with zero attached hydrogens (tertiary/aromatic N) is 1. The van der Waals surface area contributed by atoms with Crippen molar-refractivity contribution in [3.63, 3.8) is 0 Å². The van der Waals surface area contributed by atoms with E-state index in [0.29, 0.717) is 0 Å². The van der Waals surface area contributed by atoms with Crippen molar-refractivity contribution in [2.24, 2.45) is 0 Å². The Morgan fingerprint density at radius 1 is 1.45 bits per heavy atom. The Balaban J connectivity index is 2.54. The molecule has 0 aliphatic rings. The molecule has 0 aliphatic carbocycles. The smallest absolute Gasteiger partial charge is 0.336 e. The summed E-state index contributed by atoms with van der Waals surface area (Å²) < 4.78 is 26.7. The Kier molecular flexibility index (Phi) is 3.69. The highest BCUT2D eigenvalue weighted by atomic mass is 35.5. The molecule has 0 fully saturated rings. The molecular weight excluding hydrogens is 306 g/mol. The minimum atomic E-state index is -3.96. The molecule has 0 aliphatic heterocycles. The number of aromatic nitrogens is 2. The maximum atomic E-state index is 12.2. The van der Waals surface area contributed by atoms with Crippen LogP contribution in [0.15, 0.2) is 29.3 Å². The van der Waals surface area contributed by atoms with Gasteiger partial charge < -0.3 is 5.11 Å². The molecule has 0 amide bonds. The molecule has 20 heavy (non-hydrogen) atoms. The molecule has 0 unspecified atom stereocenters. The molecule has 9 heteroatoms. The molecule has 1 aromatic carbocycles. The predicted molar refractivity (Wildman–Crippen MR) is 72.5 cm³/mol. The Labute approximate surface area is 119 Å². The maximum Gasteiger partial charge on any atom is 0.336 e. The van der Waals surface area contributed by atoms with Gasteiger partial charge in [0, 0.05) is 11.1 Å². The van der Waals surface area contributed by atoms with Gasteiger partial charge in [0.25, 0.3) is 10.0 Å². The third kappa shape index (κ3) is 2.75. The van der Waals surface area contributed by atoms with Crippen molar-refractivity contribution in [2.45, 2.75) is 11.8 Å². The number of H-pyrrole nitrogens is 1. The van der Waals surface area contributed by atoms with Crippen LogP contribution < -0.4 is 4.72 Å². The van der Waals surface area contributed by atoms with E-state index in [1.165, 1.54) is 31.3 Å². The lowest BCUT2D eigenvalue weighted by Crippen LogP contribution is -2.16. The number of hydrogen-bond acceptors (Lipinski definition) is 4. The van der Waals surface area contributed by atoms with Gasteiger partial charge in [-0.25, -0.2) is 13.2 Å². The highest BCUT2D eigenvalue weighted by molar-refractivity contribution is 7.92. The van der Waals surface area contributed by atoms with E-state index in [2.05, 4.69) is 14.9 Å². The largest absolute Gasteiger partial charge is 0.478 e. The minimum Gasteiger partial charge on any atom is -0.478 e. The normalized spacial score (nSPS) is 11.3. The third-order valence-corrected chi connectivity index (χ3v) is 4.30. The number of carbonyl (C=O) groups is 1. The molecule has 2 rings (SSSR count). The van der Waals surface area contributed by atoms with Crippen LogP contribution in [-0.4, -0.2) is 29.7 Å². The monoisotopic (exact) mass is 315 g/mol. The van der Waals surface area contributed by atoms with Crippen LogP contribution in [0.2, 0.25) is 5.02 Å². The second-order valence-corrected chi connectivity index (χ2v) is 6.04. The fourth-order valence-electron chi connectivity index (χ4n) is 1.67. The second kappa shape index (κ2) is 5.14. The van der Waals surface area contributed by atoms with Crippen molar-refractivity contribution < 1.29 is 18.3 Å². The Morgan fingerprint density at radius 2 is 2.15 bits per heavy atom. The van der Waals surface area contributed by atoms with E-state index in [-0.39, 0.29) is 26.9 Å². The van der Waals surface area contributed by atoms with Gasteiger partial charge in [-0.3, -0.25) is 9.82 Å². The van der Waals surface area contributed by atoms with Gasteiger partial charge in [0.2, 0.25) is 0 Å². The van der Waals surface area contributed by atoms with Gasteiger partial charge in [0.15, 0.2) is 0 Å². The molecular formula is C11H10ClN3O4S. The van der Waals surface area contributed by atoms with Crippen LogP contribution >= 0.6 is 11.6 Å². The standard InChI is InChI=1S/C11H10ClN3O4S/c1-6-8(11(16)17)4-7(12)5-9(6)20(18,19)15-10-2-3-13-14-10/h2-5H,1H3,(H,16,17)(H2,13,14,15). The van der Waals surface area contributed by atoms with E-state index >= 15 is 0 Å². The van der Waals surface area contributed by atoms with Crippen molar-refractivity contribution in [2.75, 3.05) is 4.72 Å². The van der Waals surface area contributed by atoms with Crippen molar-refractivity contribution in [3.8, 4) is 0 Å². The predicted octanol–water partition coefficient (Wildman–Crippen LogP) is 1.87. The fourth-order valence-corrected chi connectivity index (χ4v) is 3.26. The number of benzene rings is 1. The molecule has 3 N–H and O–H groups in total. The van der Waals surface area contributed by atoms with E-state index in [1.807, 2.05) is 0 Å². The summed E-state index contributed by atoms with van der Waals surface area (Å²) in [5.74, 6) is -1.08. The molecule has 0 atom stereocenters. The van der Waals surface area contributed by atoms with Gasteiger partial charge in [0.05, 0.1) is 16.7 Å². The Hall–Kier alpha value is -2.06. The first-order chi connectivity index (χ1) is 9.31. The van der Waals surface area contributed by atoms with Crippen LogP contribution in [0, 0.1) is 6.92 Å². The number of hydrogen-bond donors (Lipinski definition) is 3. The molecule has 0 saturated heterocycles. The number of anilines is 1. The van der Waals surface area contributed by atoms with E-state index in [9.17, 15) is 13.2 Å². The van der Waals surface area contributed by atoms with E-state index < -0.39 is 16.0 Å². The topological polar surface area (TPSA) is 112 Å². The van der Waals surface area contributed by atoms with Gasteiger partial charge in [-0.05, 0) is 24.6 Å². The first-order valence-corrected chi connectivity index (χ1v) is 7.23. The Morgan fingerprint density at radius 3 is 2.70 bits per heavy atom. The number of halogens is 1. The lowest BCUT2D eigenvalue weighted by molar-refractivity contribution is 0.0696. The van der Waals surface area contributed by atoms with Gasteiger partial charge in [-0.2, -0.15) is 5.10 Å². The first kappa shape index (κ1) is 14.4. The molecule has 0 radical (unpaired) electrons. The molecule has 1 aromatic heterocycles. The molecule has 0 bridgehead atoms. The first-order valence-electron chi connectivity index (χ1n) is 5.37. The van der Waals surface area contributed by atoms with Gasteiger partial charge in [0.1, 0.15) is 5.82 Å². The van der Waals surface area contributed by atoms with Gasteiger partial charge in [-0.15, -0.1) is 0 Å². The summed E-state index contributed by atoms with van der Waals surface area (Å²) in [5, 5.41) is 15.1. The summed E-state index contributed by atoms with van der Waals surface area (Å²) in [7, 11) is -3.96. The van der Waals surface area contributed by atoms with Crippen molar-refractivity contribution in [3.05, 3.63) is 40.5 Å². The summed E-state index contributed by atoms with van der Waals surface area (Å²) in [4.78, 5) is 10.9. The van der Waals surface area contributed by atoms with Crippen LogP contribution in [0.1, 0.15) is 15.9 Å². The van der Waals surface area contributed by atoms with Crippen LogP contribution in [-0.2, 0) is 10.0 Å². The fraction of sp³-hybridized carbons (Fsp3) is 0.0909. The zero-order chi connectivity index (χ0) is 14.9. The number of nitrogens with one attached hydrogen (secondary N) is 2. The van der Waals surface area contributed by atoms with E-state index in [4.69, 9.17) is 16.7 Å². The molecule has 0 spiro atoms.